The van der Waals surface area contributed by atoms with Crippen molar-refractivity contribution in [3.8, 4) is 0 Å². The minimum atomic E-state index is -0.753. The van der Waals surface area contributed by atoms with E-state index < -0.39 is 5.97 Å². The van der Waals surface area contributed by atoms with Crippen molar-refractivity contribution in [2.24, 2.45) is 5.92 Å². The first-order valence-electron chi connectivity index (χ1n) is 7.24. The number of carbonyl (C=O) groups is 2. The van der Waals surface area contributed by atoms with Crippen LogP contribution in [0.2, 0.25) is 0 Å². The molecular weight excluding hydrogens is 288 g/mol. The minimum Gasteiger partial charge on any atom is -0.481 e. The smallest absolute Gasteiger partial charge is 0.303 e. The summed E-state index contributed by atoms with van der Waals surface area (Å²) in [6.45, 7) is 5.02. The van der Waals surface area contributed by atoms with Gasteiger partial charge in [0, 0.05) is 11.3 Å². The molecule has 1 rings (SSSR count). The van der Waals surface area contributed by atoms with Gasteiger partial charge in [0.1, 0.15) is 0 Å². The summed E-state index contributed by atoms with van der Waals surface area (Å²) < 4.78 is 0. The van der Waals surface area contributed by atoms with Crippen molar-refractivity contribution >= 4 is 23.2 Å². The number of aliphatic carboxylic acids is 1. The normalized spacial score (nSPS) is 13.6. The van der Waals surface area contributed by atoms with Crippen molar-refractivity contribution in [1.29, 1.82) is 0 Å². The van der Waals surface area contributed by atoms with Gasteiger partial charge < -0.3 is 15.7 Å². The number of nitrogens with one attached hydrogen (secondary N) is 2. The third-order valence-corrected chi connectivity index (χ3v) is 4.35. The average molecular weight is 312 g/mol. The first-order chi connectivity index (χ1) is 9.99. The maximum Gasteiger partial charge on any atom is 0.303 e. The van der Waals surface area contributed by atoms with Crippen molar-refractivity contribution in [1.82, 2.24) is 10.6 Å². The Bertz CT molecular complexity index is 434. The number of carbonyl (C=O) groups excluding carboxylic acids is 1. The average Bonchev–Trinajstić information content (AvgIpc) is 2.95. The highest BCUT2D eigenvalue weighted by molar-refractivity contribution is 7.10. The summed E-state index contributed by atoms with van der Waals surface area (Å²) in [5, 5.41) is 16.6. The zero-order valence-electron chi connectivity index (χ0n) is 12.6. The first-order valence-corrected chi connectivity index (χ1v) is 8.12. The molecule has 2 unspecified atom stereocenters. The molecule has 0 radical (unpaired) electrons. The summed E-state index contributed by atoms with van der Waals surface area (Å²) >= 11 is 1.63. The predicted molar refractivity (Wildman–Crippen MR) is 84.4 cm³/mol. The van der Waals surface area contributed by atoms with Gasteiger partial charge in [-0.25, -0.2) is 0 Å². The summed E-state index contributed by atoms with van der Waals surface area (Å²) in [4.78, 5) is 23.4. The van der Waals surface area contributed by atoms with Gasteiger partial charge in [0.2, 0.25) is 5.91 Å². The maximum atomic E-state index is 11.8. The number of rotatable bonds is 10. The molecule has 0 aliphatic carbocycles. The summed E-state index contributed by atoms with van der Waals surface area (Å²) in [5.74, 6) is -0.424. The molecule has 0 bridgehead atoms. The summed E-state index contributed by atoms with van der Waals surface area (Å²) in [5.41, 5.74) is 0. The Hall–Kier alpha value is -1.40. The van der Waals surface area contributed by atoms with E-state index in [2.05, 4.69) is 10.6 Å². The van der Waals surface area contributed by atoms with Crippen LogP contribution in [0.1, 0.15) is 44.0 Å². The third-order valence-electron chi connectivity index (χ3n) is 3.30. The monoisotopic (exact) mass is 312 g/mol. The number of amides is 1. The molecule has 1 heterocycles. The second-order valence-electron chi connectivity index (χ2n) is 5.31. The third kappa shape index (κ3) is 7.82. The van der Waals surface area contributed by atoms with Crippen molar-refractivity contribution in [2.45, 2.75) is 39.2 Å². The largest absolute Gasteiger partial charge is 0.481 e. The SMILES string of the molecule is CC(CCNCC(=O)NC(C)c1cccs1)CCC(=O)O. The standard InChI is InChI=1S/C15H24N2O3S/c1-11(5-6-15(19)20)7-8-16-10-14(18)17-12(2)13-4-3-9-21-13/h3-4,9,11-12,16H,5-8,10H2,1-2H3,(H,17,18)(H,19,20). The molecule has 1 aromatic rings. The van der Waals surface area contributed by atoms with E-state index in [0.29, 0.717) is 18.9 Å². The van der Waals surface area contributed by atoms with Crippen LogP contribution in [0.3, 0.4) is 0 Å². The van der Waals surface area contributed by atoms with Crippen LogP contribution in [0.25, 0.3) is 0 Å². The van der Waals surface area contributed by atoms with Gasteiger partial charge in [-0.2, -0.15) is 0 Å². The van der Waals surface area contributed by atoms with Crippen molar-refractivity contribution in [3.63, 3.8) is 0 Å². The Morgan fingerprint density at radius 3 is 2.71 bits per heavy atom. The fourth-order valence-electron chi connectivity index (χ4n) is 1.97. The lowest BCUT2D eigenvalue weighted by Crippen LogP contribution is -2.35. The Morgan fingerprint density at radius 2 is 2.10 bits per heavy atom. The molecule has 0 spiro atoms. The Morgan fingerprint density at radius 1 is 1.33 bits per heavy atom. The van der Waals surface area contributed by atoms with Crippen molar-refractivity contribution in [3.05, 3.63) is 22.4 Å². The predicted octanol–water partition coefficient (Wildman–Crippen LogP) is 2.41. The van der Waals surface area contributed by atoms with Gasteiger partial charge in [-0.15, -0.1) is 11.3 Å². The number of thiophene rings is 1. The van der Waals surface area contributed by atoms with Crippen LogP contribution in [0.5, 0.6) is 0 Å². The molecule has 0 saturated heterocycles. The number of carboxylic acids is 1. The highest BCUT2D eigenvalue weighted by atomic mass is 32.1. The fraction of sp³-hybridized carbons (Fsp3) is 0.600. The van der Waals surface area contributed by atoms with E-state index in [-0.39, 0.29) is 18.4 Å². The van der Waals surface area contributed by atoms with Gasteiger partial charge in [-0.1, -0.05) is 13.0 Å². The highest BCUT2D eigenvalue weighted by Gasteiger charge is 2.10. The number of hydrogen-bond donors (Lipinski definition) is 3. The van der Waals surface area contributed by atoms with Crippen LogP contribution in [0.15, 0.2) is 17.5 Å². The second-order valence-corrected chi connectivity index (χ2v) is 6.29. The molecule has 2 atom stereocenters. The Balaban J connectivity index is 2.09. The minimum absolute atomic E-state index is 0.0194. The molecular formula is C15H24N2O3S. The fourth-order valence-corrected chi connectivity index (χ4v) is 2.70. The lowest BCUT2D eigenvalue weighted by atomic mass is 10.0. The molecule has 1 aromatic heterocycles. The molecule has 118 valence electrons. The van der Waals surface area contributed by atoms with Crippen LogP contribution in [0, 0.1) is 5.92 Å². The van der Waals surface area contributed by atoms with E-state index in [0.717, 1.165) is 17.8 Å². The molecule has 21 heavy (non-hydrogen) atoms. The quantitative estimate of drug-likeness (QED) is 0.580. The van der Waals surface area contributed by atoms with Crippen LogP contribution in [-0.4, -0.2) is 30.1 Å². The molecule has 0 aliphatic heterocycles. The van der Waals surface area contributed by atoms with Crippen LogP contribution in [0.4, 0.5) is 0 Å². The summed E-state index contributed by atoms with van der Waals surface area (Å²) in [6, 6.07) is 4.01. The van der Waals surface area contributed by atoms with E-state index >= 15 is 0 Å². The highest BCUT2D eigenvalue weighted by Crippen LogP contribution is 2.17. The molecule has 1 amide bonds. The molecule has 0 aliphatic rings. The summed E-state index contributed by atoms with van der Waals surface area (Å²) in [7, 11) is 0. The van der Waals surface area contributed by atoms with E-state index in [1.165, 1.54) is 0 Å². The first kappa shape index (κ1) is 17.7. The van der Waals surface area contributed by atoms with E-state index in [1.807, 2.05) is 31.4 Å². The second kappa shape index (κ2) is 9.52. The van der Waals surface area contributed by atoms with Gasteiger partial charge in [-0.05, 0) is 43.7 Å². The maximum absolute atomic E-state index is 11.8. The molecule has 0 saturated carbocycles. The molecule has 0 aromatic carbocycles. The zero-order chi connectivity index (χ0) is 15.7. The lowest BCUT2D eigenvalue weighted by Gasteiger charge is -2.13. The number of carboxylic acid groups (broad SMARTS) is 1. The van der Waals surface area contributed by atoms with Gasteiger partial charge >= 0.3 is 5.97 Å². The topological polar surface area (TPSA) is 78.4 Å². The van der Waals surface area contributed by atoms with Crippen LogP contribution < -0.4 is 10.6 Å². The zero-order valence-corrected chi connectivity index (χ0v) is 13.4. The van der Waals surface area contributed by atoms with Gasteiger partial charge in [0.25, 0.3) is 0 Å². The number of hydrogen-bond acceptors (Lipinski definition) is 4. The molecule has 0 fully saturated rings. The van der Waals surface area contributed by atoms with Gasteiger partial charge in [-0.3, -0.25) is 9.59 Å². The Labute approximate surface area is 129 Å². The molecule has 5 nitrogen and oxygen atoms in total. The van der Waals surface area contributed by atoms with Crippen LogP contribution in [-0.2, 0) is 9.59 Å². The van der Waals surface area contributed by atoms with Gasteiger partial charge in [0.05, 0.1) is 12.6 Å². The van der Waals surface area contributed by atoms with E-state index in [9.17, 15) is 9.59 Å². The van der Waals surface area contributed by atoms with E-state index in [4.69, 9.17) is 5.11 Å². The van der Waals surface area contributed by atoms with Crippen LogP contribution >= 0.6 is 11.3 Å². The Kier molecular flexibility index (Phi) is 8.00. The lowest BCUT2D eigenvalue weighted by molar-refractivity contribution is -0.137. The van der Waals surface area contributed by atoms with Crippen molar-refractivity contribution < 1.29 is 14.7 Å². The van der Waals surface area contributed by atoms with Gasteiger partial charge in [0.15, 0.2) is 0 Å². The molecule has 3 N–H and O–H groups in total. The van der Waals surface area contributed by atoms with Crippen molar-refractivity contribution in [2.75, 3.05) is 13.1 Å². The van der Waals surface area contributed by atoms with E-state index in [1.54, 1.807) is 11.3 Å². The summed E-state index contributed by atoms with van der Waals surface area (Å²) in [6.07, 6.45) is 1.76. The molecule has 6 heteroatoms.